The van der Waals surface area contributed by atoms with Gasteiger partial charge < -0.3 is 24.3 Å². The lowest BCUT2D eigenvalue weighted by Crippen LogP contribution is -2.67. The predicted molar refractivity (Wildman–Crippen MR) is 216 cm³/mol. The van der Waals surface area contributed by atoms with E-state index in [1.165, 1.54) is 12.7 Å². The number of rotatable bonds is 13. The zero-order valence-electron chi connectivity index (χ0n) is 32.1. The first-order valence-corrected chi connectivity index (χ1v) is 20.8. The fourth-order valence-corrected chi connectivity index (χ4v) is 12.3. The predicted octanol–water partition coefficient (Wildman–Crippen LogP) is 4.53. The second-order valence-corrected chi connectivity index (χ2v) is 19.3. The third kappa shape index (κ3) is 7.12. The van der Waals surface area contributed by atoms with Crippen LogP contribution in [0.25, 0.3) is 11.2 Å². The number of hydrogen-bond donors (Lipinski definition) is 2. The zero-order chi connectivity index (χ0) is 40.4. The maximum atomic E-state index is 13.1. The average molecular weight is 799 g/mol. The van der Waals surface area contributed by atoms with Gasteiger partial charge in [0.05, 0.1) is 37.3 Å². The van der Waals surface area contributed by atoms with Gasteiger partial charge >= 0.3 is 0 Å². The molecular formula is C43H42N6O8Si. The number of fused-ring (bicyclic) bond motifs is 2. The molecule has 2 N–H and O–H groups in total. The van der Waals surface area contributed by atoms with Crippen molar-refractivity contribution in [1.29, 1.82) is 0 Å². The van der Waals surface area contributed by atoms with Crippen molar-refractivity contribution < 1.29 is 38.2 Å². The van der Waals surface area contributed by atoms with Crippen molar-refractivity contribution in [1.82, 2.24) is 24.6 Å². The van der Waals surface area contributed by atoms with E-state index in [1.807, 2.05) is 42.5 Å². The molecule has 0 bridgehead atoms. The number of aromatic nitrogens is 4. The molecule has 2 aliphatic rings. The molecule has 58 heavy (non-hydrogen) atoms. The van der Waals surface area contributed by atoms with Gasteiger partial charge in [-0.05, 0) is 39.7 Å². The molecule has 4 heterocycles. The number of nitrogens with one attached hydrogen (secondary N) is 1. The molecule has 1 saturated heterocycles. The molecule has 2 aliphatic heterocycles. The minimum atomic E-state index is -3.04. The van der Waals surface area contributed by atoms with E-state index in [2.05, 4.69) is 65.3 Å². The molecule has 0 spiro atoms. The lowest BCUT2D eigenvalue weighted by molar-refractivity contribution is -0.128. The molecular weight excluding hydrogens is 757 g/mol. The second-order valence-electron chi connectivity index (χ2n) is 15.0. The van der Waals surface area contributed by atoms with Crippen LogP contribution < -0.4 is 15.7 Å². The smallest absolute Gasteiger partial charge is 0.285 e. The Balaban J connectivity index is 1.08. The SMILES string of the molecule is CC(C)(C)[Si](OC[C@H]1O[C@@H](n2cnc3c(NC(=O)c4ccccc4)ncnc32)[C@H](OCCON2C(=O)c3ccccc3C2=O)[C@@H]1O)(c1ccccc1)c1ccccc1. The van der Waals surface area contributed by atoms with E-state index in [4.69, 9.17) is 18.7 Å². The van der Waals surface area contributed by atoms with Crippen molar-refractivity contribution >= 4 is 53.4 Å². The maximum absolute atomic E-state index is 13.1. The Morgan fingerprint density at radius 2 is 1.40 bits per heavy atom. The molecule has 4 aromatic carbocycles. The number of benzene rings is 4. The fourth-order valence-electron chi connectivity index (χ4n) is 7.72. The minimum Gasteiger partial charge on any atom is -0.405 e. The highest BCUT2D eigenvalue weighted by Gasteiger charge is 2.53. The van der Waals surface area contributed by atoms with Crippen LogP contribution in [0, 0.1) is 0 Å². The summed E-state index contributed by atoms with van der Waals surface area (Å²) in [5.41, 5.74) is 1.57. The Morgan fingerprint density at radius 3 is 2.00 bits per heavy atom. The van der Waals surface area contributed by atoms with Crippen LogP contribution in [0.2, 0.25) is 5.04 Å². The summed E-state index contributed by atoms with van der Waals surface area (Å²) in [6.07, 6.45) is -1.31. The number of hydroxylamine groups is 2. The number of carbonyl (C=O) groups is 3. The largest absolute Gasteiger partial charge is 0.405 e. The van der Waals surface area contributed by atoms with Crippen LogP contribution >= 0.6 is 0 Å². The summed E-state index contributed by atoms with van der Waals surface area (Å²) in [7, 11) is -3.04. The highest BCUT2D eigenvalue weighted by atomic mass is 28.4. The van der Waals surface area contributed by atoms with E-state index < -0.39 is 44.7 Å². The Bertz CT molecular complexity index is 2350. The zero-order valence-corrected chi connectivity index (χ0v) is 33.1. The van der Waals surface area contributed by atoms with Gasteiger partial charge in [0, 0.05) is 5.56 Å². The highest BCUT2D eigenvalue weighted by molar-refractivity contribution is 6.99. The van der Waals surface area contributed by atoms with Gasteiger partial charge in [0.25, 0.3) is 26.0 Å². The Morgan fingerprint density at radius 1 is 0.810 bits per heavy atom. The highest BCUT2D eigenvalue weighted by Crippen LogP contribution is 2.39. The Kier molecular flexibility index (Phi) is 10.8. The second kappa shape index (κ2) is 16.1. The standard InChI is InChI=1S/C43H42N6O8Si/c1-43(2,3)58(29-17-9-5-10-18-29,30-19-11-6-12-20-30)56-25-33-35(50)36(54-23-24-55-49-40(52)31-21-13-14-22-32(31)41(49)53)42(57-33)48-27-46-34-37(44-26-45-38(34)48)47-39(51)28-15-7-4-8-16-28/h4-22,26-27,33,35-36,42,50H,23-25H2,1-3H3,(H,44,45,47,51)/t33-,35-,36-,42-/m1/s1. The van der Waals surface area contributed by atoms with Crippen LogP contribution in [-0.4, -0.2) is 93.9 Å². The molecule has 14 nitrogen and oxygen atoms in total. The van der Waals surface area contributed by atoms with E-state index in [9.17, 15) is 19.5 Å². The Labute approximate surface area is 335 Å². The number of hydrogen-bond acceptors (Lipinski definition) is 11. The molecule has 15 heteroatoms. The number of nitrogens with zero attached hydrogens (tertiary/aromatic N) is 5. The van der Waals surface area contributed by atoms with E-state index in [0.29, 0.717) is 16.7 Å². The summed E-state index contributed by atoms with van der Waals surface area (Å²) in [4.78, 5) is 57.9. The van der Waals surface area contributed by atoms with Crippen molar-refractivity contribution in [3.63, 3.8) is 0 Å². The maximum Gasteiger partial charge on any atom is 0.285 e. The lowest BCUT2D eigenvalue weighted by atomic mass is 10.1. The molecule has 6 aromatic rings. The third-order valence-corrected chi connectivity index (χ3v) is 15.5. The molecule has 0 aliphatic carbocycles. The molecule has 296 valence electrons. The molecule has 0 radical (unpaired) electrons. The summed E-state index contributed by atoms with van der Waals surface area (Å²) in [5.74, 6) is -1.32. The molecule has 1 fully saturated rings. The average Bonchev–Trinajstić information content (AvgIpc) is 3.89. The number of aliphatic hydroxyl groups excluding tert-OH is 1. The normalized spacial score (nSPS) is 19.5. The number of amides is 3. The first kappa shape index (κ1) is 38.9. The van der Waals surface area contributed by atoms with Gasteiger partial charge in [-0.1, -0.05) is 112 Å². The topological polar surface area (TPSA) is 167 Å². The van der Waals surface area contributed by atoms with E-state index >= 15 is 0 Å². The van der Waals surface area contributed by atoms with Gasteiger partial charge in [-0.25, -0.2) is 15.0 Å². The van der Waals surface area contributed by atoms with Crippen LogP contribution in [0.5, 0.6) is 0 Å². The van der Waals surface area contributed by atoms with Gasteiger partial charge in [0.1, 0.15) is 24.6 Å². The number of aliphatic hydroxyl groups is 1. The van der Waals surface area contributed by atoms with Gasteiger partial charge in [-0.15, -0.1) is 5.06 Å². The van der Waals surface area contributed by atoms with Gasteiger partial charge in [0.2, 0.25) is 0 Å². The fraction of sp³-hybridized carbons (Fsp3) is 0.256. The van der Waals surface area contributed by atoms with Crippen LogP contribution in [-0.2, 0) is 18.7 Å². The third-order valence-electron chi connectivity index (χ3n) is 10.5. The van der Waals surface area contributed by atoms with Crippen molar-refractivity contribution in [3.8, 4) is 0 Å². The minimum absolute atomic E-state index is 0.0103. The number of imidazole rings is 1. The van der Waals surface area contributed by atoms with Crippen LogP contribution in [0.4, 0.5) is 5.82 Å². The van der Waals surface area contributed by atoms with Crippen molar-refractivity contribution in [2.75, 3.05) is 25.1 Å². The number of carbonyl (C=O) groups excluding carboxylic acids is 3. The van der Waals surface area contributed by atoms with Crippen molar-refractivity contribution in [2.24, 2.45) is 0 Å². The summed E-state index contributed by atoms with van der Waals surface area (Å²) in [6, 6.07) is 35.5. The summed E-state index contributed by atoms with van der Waals surface area (Å²) in [6.45, 7) is 6.19. The summed E-state index contributed by atoms with van der Waals surface area (Å²) in [5, 5.41) is 17.4. The Hall–Kier alpha value is -5.94. The van der Waals surface area contributed by atoms with Crippen molar-refractivity contribution in [3.05, 3.63) is 145 Å². The summed E-state index contributed by atoms with van der Waals surface area (Å²) >= 11 is 0. The van der Waals surface area contributed by atoms with E-state index in [-0.39, 0.29) is 47.7 Å². The van der Waals surface area contributed by atoms with Crippen LogP contribution in [0.15, 0.2) is 128 Å². The van der Waals surface area contributed by atoms with Crippen LogP contribution in [0.1, 0.15) is 58.1 Å². The molecule has 8 rings (SSSR count). The quantitative estimate of drug-likeness (QED) is 0.0958. The molecule has 0 unspecified atom stereocenters. The monoisotopic (exact) mass is 798 g/mol. The molecule has 3 amide bonds. The molecule has 2 aromatic heterocycles. The number of imide groups is 1. The first-order valence-electron chi connectivity index (χ1n) is 18.9. The van der Waals surface area contributed by atoms with Crippen molar-refractivity contribution in [2.45, 2.75) is 50.3 Å². The molecule has 4 atom stereocenters. The summed E-state index contributed by atoms with van der Waals surface area (Å²) < 4.78 is 21.7. The van der Waals surface area contributed by atoms with E-state index in [0.717, 1.165) is 15.4 Å². The van der Waals surface area contributed by atoms with Gasteiger partial charge in [-0.3, -0.25) is 23.8 Å². The van der Waals surface area contributed by atoms with Crippen LogP contribution in [0.3, 0.4) is 0 Å². The first-order chi connectivity index (χ1) is 28.1. The van der Waals surface area contributed by atoms with Gasteiger partial charge in [0.15, 0.2) is 23.2 Å². The van der Waals surface area contributed by atoms with Gasteiger partial charge in [-0.2, -0.15) is 0 Å². The number of ether oxygens (including phenoxy) is 2. The molecule has 0 saturated carbocycles. The lowest BCUT2D eigenvalue weighted by Gasteiger charge is -2.43. The van der Waals surface area contributed by atoms with E-state index in [1.54, 1.807) is 53.1 Å². The number of anilines is 1.